The fourth-order valence-electron chi connectivity index (χ4n) is 3.34. The number of unbranched alkanes of at least 4 members (excludes halogenated alkanes) is 1. The smallest absolute Gasteiger partial charge is 0.217 e. The van der Waals surface area contributed by atoms with Gasteiger partial charge < -0.3 is 5.73 Å². The maximum absolute atomic E-state index is 10.8. The molecule has 0 heterocycles. The normalized spacial score (nSPS) is 20.0. The third-order valence-corrected chi connectivity index (χ3v) is 4.61. The number of rotatable bonds is 6. The number of carbonyl (C=O) groups is 1. The van der Waals surface area contributed by atoms with E-state index < -0.39 is 0 Å². The average molecular weight is 294 g/mol. The van der Waals surface area contributed by atoms with Crippen LogP contribution in [0, 0.1) is 0 Å². The van der Waals surface area contributed by atoms with E-state index in [1.807, 2.05) is 0 Å². The van der Waals surface area contributed by atoms with Crippen LogP contribution in [0.4, 0.5) is 0 Å². The van der Waals surface area contributed by atoms with Crippen LogP contribution in [0.2, 0.25) is 0 Å². The summed E-state index contributed by atoms with van der Waals surface area (Å²) >= 11 is 0. The number of nitrogens with two attached hydrogens (primary N) is 1. The largest absolute Gasteiger partial charge is 0.370 e. The number of azide groups is 1. The summed E-state index contributed by atoms with van der Waals surface area (Å²) in [6.07, 6.45) is 15.1. The minimum atomic E-state index is -0.240. The zero-order chi connectivity index (χ0) is 15.4. The fraction of sp³-hybridized carbons (Fsp3) is 0.938. The van der Waals surface area contributed by atoms with Crippen molar-refractivity contribution in [3.8, 4) is 0 Å². The number of nitrogens with zero attached hydrogens (tertiary/aromatic N) is 3. The van der Waals surface area contributed by atoms with Gasteiger partial charge in [0.2, 0.25) is 5.91 Å². The number of primary amides is 1. The molecule has 0 radical (unpaired) electrons. The number of hydrogen-bond donors (Lipinski definition) is 1. The van der Waals surface area contributed by atoms with E-state index in [1.165, 1.54) is 38.5 Å². The van der Waals surface area contributed by atoms with Crippen LogP contribution in [-0.4, -0.2) is 11.4 Å². The van der Waals surface area contributed by atoms with Gasteiger partial charge in [-0.2, -0.15) is 0 Å². The third kappa shape index (κ3) is 7.96. The van der Waals surface area contributed by atoms with Crippen LogP contribution in [0.15, 0.2) is 5.11 Å². The Bertz CT molecular complexity index is 338. The van der Waals surface area contributed by atoms with Crippen LogP contribution < -0.4 is 5.73 Å². The molecule has 0 saturated heterocycles. The minimum absolute atomic E-state index is 0.225. The lowest BCUT2D eigenvalue weighted by molar-refractivity contribution is -0.118. The first-order chi connectivity index (χ1) is 10.2. The molecule has 0 aromatic heterocycles. The highest BCUT2D eigenvalue weighted by molar-refractivity contribution is 5.73. The topological polar surface area (TPSA) is 91.8 Å². The summed E-state index contributed by atoms with van der Waals surface area (Å²) in [5.74, 6) is -0.240. The van der Waals surface area contributed by atoms with Crippen LogP contribution >= 0.6 is 0 Å². The number of carbonyl (C=O) groups excluding carboxylic acids is 1. The van der Waals surface area contributed by atoms with Crippen LogP contribution in [0.3, 0.4) is 0 Å². The molecule has 1 aliphatic carbocycles. The van der Waals surface area contributed by atoms with E-state index in [-0.39, 0.29) is 11.4 Å². The van der Waals surface area contributed by atoms with E-state index in [0.29, 0.717) is 6.42 Å². The fourth-order valence-corrected chi connectivity index (χ4v) is 3.34. The highest BCUT2D eigenvalue weighted by atomic mass is 16.1. The van der Waals surface area contributed by atoms with Gasteiger partial charge in [-0.15, -0.1) is 0 Å². The van der Waals surface area contributed by atoms with Crippen LogP contribution in [0.5, 0.6) is 0 Å². The Hall–Kier alpha value is -1.22. The van der Waals surface area contributed by atoms with E-state index in [2.05, 4.69) is 10.0 Å². The molecular weight excluding hydrogens is 264 g/mol. The maximum Gasteiger partial charge on any atom is 0.217 e. The van der Waals surface area contributed by atoms with Gasteiger partial charge in [0.25, 0.3) is 0 Å². The molecule has 1 rings (SSSR count). The Morgan fingerprint density at radius 1 is 1.00 bits per heavy atom. The Morgan fingerprint density at radius 2 is 1.52 bits per heavy atom. The first kappa shape index (κ1) is 17.8. The van der Waals surface area contributed by atoms with Gasteiger partial charge in [0.15, 0.2) is 0 Å². The van der Waals surface area contributed by atoms with Crippen molar-refractivity contribution in [3.05, 3.63) is 10.4 Å². The van der Waals surface area contributed by atoms with E-state index in [9.17, 15) is 4.79 Å². The molecule has 1 aliphatic rings. The molecule has 120 valence electrons. The summed E-state index contributed by atoms with van der Waals surface area (Å²) in [4.78, 5) is 13.9. The zero-order valence-electron chi connectivity index (χ0n) is 13.2. The molecule has 0 aliphatic heterocycles. The van der Waals surface area contributed by atoms with E-state index in [0.717, 1.165) is 44.9 Å². The van der Waals surface area contributed by atoms with Gasteiger partial charge in [0.1, 0.15) is 0 Å². The van der Waals surface area contributed by atoms with Gasteiger partial charge >= 0.3 is 0 Å². The monoisotopic (exact) mass is 294 g/mol. The predicted octanol–water partition coefficient (Wildman–Crippen LogP) is 5.00. The van der Waals surface area contributed by atoms with E-state index in [4.69, 9.17) is 11.3 Å². The van der Waals surface area contributed by atoms with Gasteiger partial charge in [-0.1, -0.05) is 62.9 Å². The second-order valence-electron chi connectivity index (χ2n) is 6.42. The lowest BCUT2D eigenvalue weighted by atomic mass is 9.83. The standard InChI is InChI=1S/C16H30N4O/c17-15(21)11-7-10-14-16(19-20-18)12-8-5-3-1-2-4-6-9-13-16/h1-14H2,(H2,17,21). The summed E-state index contributed by atoms with van der Waals surface area (Å²) in [5, 5.41) is 4.20. The molecule has 0 atom stereocenters. The molecule has 1 amide bonds. The summed E-state index contributed by atoms with van der Waals surface area (Å²) in [7, 11) is 0. The third-order valence-electron chi connectivity index (χ3n) is 4.61. The molecule has 0 bridgehead atoms. The highest BCUT2D eigenvalue weighted by Gasteiger charge is 2.27. The Kier molecular flexibility index (Phi) is 8.91. The Balaban J connectivity index is 2.57. The summed E-state index contributed by atoms with van der Waals surface area (Å²) in [6.45, 7) is 0. The molecule has 5 heteroatoms. The lowest BCUT2D eigenvalue weighted by Crippen LogP contribution is -2.26. The lowest BCUT2D eigenvalue weighted by Gasteiger charge is -2.29. The number of amides is 1. The van der Waals surface area contributed by atoms with Gasteiger partial charge in [-0.25, -0.2) is 0 Å². The van der Waals surface area contributed by atoms with Crippen molar-refractivity contribution in [2.45, 2.75) is 95.4 Å². The van der Waals surface area contributed by atoms with Gasteiger partial charge in [-0.3, -0.25) is 4.79 Å². The molecule has 21 heavy (non-hydrogen) atoms. The first-order valence-electron chi connectivity index (χ1n) is 8.53. The van der Waals surface area contributed by atoms with Gasteiger partial charge in [0.05, 0.1) is 0 Å². The zero-order valence-corrected chi connectivity index (χ0v) is 13.2. The van der Waals surface area contributed by atoms with Crippen molar-refractivity contribution in [1.29, 1.82) is 0 Å². The number of hydrogen-bond acceptors (Lipinski definition) is 2. The minimum Gasteiger partial charge on any atom is -0.370 e. The molecular formula is C16H30N4O. The maximum atomic E-state index is 10.8. The molecule has 0 spiro atoms. The van der Waals surface area contributed by atoms with Crippen molar-refractivity contribution in [2.75, 3.05) is 0 Å². The highest BCUT2D eigenvalue weighted by Crippen LogP contribution is 2.33. The van der Waals surface area contributed by atoms with Gasteiger partial charge in [-0.05, 0) is 31.2 Å². The summed E-state index contributed by atoms with van der Waals surface area (Å²) in [5.41, 5.74) is 13.9. The predicted molar refractivity (Wildman–Crippen MR) is 85.7 cm³/mol. The van der Waals surface area contributed by atoms with Crippen molar-refractivity contribution >= 4 is 5.91 Å². The van der Waals surface area contributed by atoms with Crippen molar-refractivity contribution in [1.82, 2.24) is 0 Å². The second-order valence-corrected chi connectivity index (χ2v) is 6.42. The van der Waals surface area contributed by atoms with Crippen LogP contribution in [0.1, 0.15) is 89.9 Å². The van der Waals surface area contributed by atoms with Crippen molar-refractivity contribution in [3.63, 3.8) is 0 Å². The molecule has 1 saturated carbocycles. The SMILES string of the molecule is [N-]=[N+]=NC1(CCCCC(N)=O)CCCCCCCCCC1. The van der Waals surface area contributed by atoms with E-state index in [1.54, 1.807) is 0 Å². The Labute approximate surface area is 128 Å². The molecule has 0 unspecified atom stereocenters. The van der Waals surface area contributed by atoms with Crippen molar-refractivity contribution in [2.24, 2.45) is 10.8 Å². The van der Waals surface area contributed by atoms with Gasteiger partial charge in [0, 0.05) is 16.9 Å². The molecule has 0 aromatic rings. The first-order valence-corrected chi connectivity index (χ1v) is 8.53. The molecule has 2 N–H and O–H groups in total. The molecule has 1 fully saturated rings. The summed E-state index contributed by atoms with van der Waals surface area (Å²) < 4.78 is 0. The van der Waals surface area contributed by atoms with E-state index >= 15 is 0 Å². The summed E-state index contributed by atoms with van der Waals surface area (Å²) in [6, 6.07) is 0. The molecule has 0 aromatic carbocycles. The van der Waals surface area contributed by atoms with Crippen LogP contribution in [0.25, 0.3) is 10.4 Å². The molecule has 5 nitrogen and oxygen atoms in total. The van der Waals surface area contributed by atoms with Crippen molar-refractivity contribution < 1.29 is 4.79 Å². The van der Waals surface area contributed by atoms with Crippen LogP contribution in [-0.2, 0) is 4.79 Å². The quantitative estimate of drug-likeness (QED) is 0.317. The Morgan fingerprint density at radius 3 is 2.00 bits per heavy atom. The average Bonchev–Trinajstić information content (AvgIpc) is 2.50. The second kappa shape index (κ2) is 10.5.